The van der Waals surface area contributed by atoms with Gasteiger partial charge in [-0.2, -0.15) is 0 Å². The molecule has 1 N–H and O–H groups in total. The van der Waals surface area contributed by atoms with Crippen LogP contribution in [0.15, 0.2) is 66.7 Å². The maximum absolute atomic E-state index is 11.9. The molecule has 254 valence electrons. The summed E-state index contributed by atoms with van der Waals surface area (Å²) in [6, 6.07) is 16.9. The monoisotopic (exact) mass is 632 g/mol. The zero-order valence-corrected chi connectivity index (χ0v) is 29.4. The molecule has 3 rings (SSSR count). The van der Waals surface area contributed by atoms with Crippen LogP contribution in [0.2, 0.25) is 0 Å². The Bertz CT molecular complexity index is 1100. The highest BCUT2D eigenvalue weighted by molar-refractivity contribution is 5.89. The summed E-state index contributed by atoms with van der Waals surface area (Å²) in [6.45, 7) is 10.3. The molecular weight excluding hydrogens is 572 g/mol. The number of benzene rings is 2. The normalized spacial score (nSPS) is 12.1. The number of rotatable bonds is 13. The molecule has 1 aliphatic carbocycles. The van der Waals surface area contributed by atoms with E-state index in [1.165, 1.54) is 56.9 Å². The molecule has 1 fully saturated rings. The van der Waals surface area contributed by atoms with E-state index < -0.39 is 5.97 Å². The molecule has 1 atom stereocenters. The minimum atomic E-state index is -0.414. The van der Waals surface area contributed by atoms with Gasteiger partial charge in [-0.05, 0) is 68.9 Å². The van der Waals surface area contributed by atoms with E-state index in [1.807, 2.05) is 26.0 Å². The van der Waals surface area contributed by atoms with Crippen molar-refractivity contribution >= 4 is 11.9 Å². The van der Waals surface area contributed by atoms with E-state index >= 15 is 0 Å². The lowest BCUT2D eigenvalue weighted by Crippen LogP contribution is -2.12. The number of hydrogen-bond acceptors (Lipinski definition) is 5. The third kappa shape index (κ3) is 25.5. The first kappa shape index (κ1) is 44.3. The largest absolute Gasteiger partial charge is 0.462 e. The minimum Gasteiger partial charge on any atom is -0.462 e. The molecule has 2 aromatic carbocycles. The van der Waals surface area contributed by atoms with Gasteiger partial charge in [0.15, 0.2) is 0 Å². The number of unbranched alkanes of at least 4 members (excludes halogenated alkanes) is 1. The van der Waals surface area contributed by atoms with Crippen LogP contribution in [-0.4, -0.2) is 30.8 Å². The predicted octanol–water partition coefficient (Wildman–Crippen LogP) is 10.0. The third-order valence-electron chi connectivity index (χ3n) is 6.83. The lowest BCUT2D eigenvalue weighted by Gasteiger charge is -2.09. The number of esters is 2. The van der Waals surface area contributed by atoms with Crippen LogP contribution in [-0.2, 0) is 16.0 Å². The smallest absolute Gasteiger partial charge is 0.338 e. The van der Waals surface area contributed by atoms with Crippen molar-refractivity contribution in [2.45, 2.75) is 112 Å². The quantitative estimate of drug-likeness (QED) is 0.0782. The third-order valence-corrected chi connectivity index (χ3v) is 6.83. The highest BCUT2D eigenvalue weighted by Crippen LogP contribution is 2.28. The van der Waals surface area contributed by atoms with Crippen LogP contribution in [0.4, 0.5) is 0 Å². The van der Waals surface area contributed by atoms with E-state index in [4.69, 9.17) is 21.0 Å². The number of allylic oxidation sites excluding steroid dienone is 2. The van der Waals surface area contributed by atoms with E-state index in [0.29, 0.717) is 24.2 Å². The van der Waals surface area contributed by atoms with Gasteiger partial charge in [-0.1, -0.05) is 108 Å². The number of carbonyl (C=O) groups is 2. The Morgan fingerprint density at radius 3 is 2.13 bits per heavy atom. The first-order valence-corrected chi connectivity index (χ1v) is 16.7. The Labute approximate surface area is 281 Å². The summed E-state index contributed by atoms with van der Waals surface area (Å²) < 4.78 is 10.4. The van der Waals surface area contributed by atoms with Gasteiger partial charge in [0, 0.05) is 25.9 Å². The fourth-order valence-corrected chi connectivity index (χ4v) is 4.57. The maximum atomic E-state index is 11.9. The highest BCUT2D eigenvalue weighted by Gasteiger charge is 2.13. The van der Waals surface area contributed by atoms with Gasteiger partial charge in [-0.15, -0.1) is 24.7 Å². The van der Waals surface area contributed by atoms with Crippen molar-refractivity contribution in [2.75, 3.05) is 13.7 Å². The summed E-state index contributed by atoms with van der Waals surface area (Å²) in [5.41, 5.74) is 1.86. The fourth-order valence-electron chi connectivity index (χ4n) is 4.57. The second kappa shape index (κ2) is 32.6. The number of hydrogen-bond donors (Lipinski definition) is 1. The average Bonchev–Trinajstić information content (AvgIpc) is 3.59. The van der Waals surface area contributed by atoms with Gasteiger partial charge < -0.3 is 14.6 Å². The van der Waals surface area contributed by atoms with Crippen molar-refractivity contribution in [1.29, 1.82) is 0 Å². The average molecular weight is 633 g/mol. The summed E-state index contributed by atoms with van der Waals surface area (Å²) in [6.07, 6.45) is 27.7. The molecule has 0 spiro atoms. The van der Waals surface area contributed by atoms with Crippen molar-refractivity contribution in [2.24, 2.45) is 11.8 Å². The lowest BCUT2D eigenvalue weighted by atomic mass is 10.0. The minimum absolute atomic E-state index is 0.127. The van der Waals surface area contributed by atoms with Gasteiger partial charge in [-0.3, -0.25) is 4.79 Å². The molecule has 1 aliphatic rings. The topological polar surface area (TPSA) is 72.8 Å². The van der Waals surface area contributed by atoms with Gasteiger partial charge in [0.25, 0.3) is 0 Å². The van der Waals surface area contributed by atoms with E-state index in [9.17, 15) is 9.59 Å². The van der Waals surface area contributed by atoms with Crippen LogP contribution in [0.5, 0.6) is 5.75 Å². The van der Waals surface area contributed by atoms with E-state index in [2.05, 4.69) is 62.4 Å². The van der Waals surface area contributed by atoms with Crippen molar-refractivity contribution in [3.63, 3.8) is 0 Å². The number of aliphatic hydroxyl groups excluding tert-OH is 1. The van der Waals surface area contributed by atoms with Gasteiger partial charge in [0.05, 0.1) is 12.2 Å². The molecule has 0 aromatic heterocycles. The van der Waals surface area contributed by atoms with Gasteiger partial charge in [0.2, 0.25) is 0 Å². The Kier molecular flexibility index (Phi) is 31.4. The molecule has 2 aromatic rings. The summed E-state index contributed by atoms with van der Waals surface area (Å²) in [5.74, 6) is 5.75. The van der Waals surface area contributed by atoms with Crippen molar-refractivity contribution < 1.29 is 24.2 Å². The SMILES string of the molecule is C#CC.C#CCC(C)COC(=O)c1ccc(OC(=O)CCC/C=C\C)cc1.CCCC1CCCC1.CCCc1ccccc1.CO. The van der Waals surface area contributed by atoms with Crippen molar-refractivity contribution in [3.05, 3.63) is 77.9 Å². The maximum Gasteiger partial charge on any atom is 0.338 e. The number of ether oxygens (including phenoxy) is 2. The highest BCUT2D eigenvalue weighted by atomic mass is 16.5. The van der Waals surface area contributed by atoms with Crippen molar-refractivity contribution in [3.8, 4) is 30.4 Å². The molecule has 5 heteroatoms. The molecular formula is C41H60O5. The summed E-state index contributed by atoms with van der Waals surface area (Å²) in [4.78, 5) is 23.6. The standard InChI is InChI=1S/C20H24O4.C9H12.C8H16.C3H4.CH4O/c1-4-6-7-8-10-19(21)24-18-13-11-17(12-14-18)20(22)23-15-16(3)9-5-2;1-2-6-9-7-4-3-5-8-9;1-2-5-8-6-3-4-7-8;1-3-2;1-2/h2,4,6,11-14,16H,7-10,15H2,1,3H3;3-5,7-8H,2,6H2,1H3;8H,2-7H2,1H3;1H,2H3;2H,1H3/b6-4-;;;;. The van der Waals surface area contributed by atoms with Gasteiger partial charge in [0.1, 0.15) is 5.75 Å². The van der Waals surface area contributed by atoms with E-state index in [1.54, 1.807) is 31.2 Å². The molecule has 0 radical (unpaired) electrons. The van der Waals surface area contributed by atoms with E-state index in [-0.39, 0.29) is 18.5 Å². The summed E-state index contributed by atoms with van der Waals surface area (Å²) in [5, 5.41) is 7.00. The molecule has 46 heavy (non-hydrogen) atoms. The molecule has 1 saturated carbocycles. The molecule has 0 heterocycles. The van der Waals surface area contributed by atoms with Crippen LogP contribution >= 0.6 is 0 Å². The summed E-state index contributed by atoms with van der Waals surface area (Å²) >= 11 is 0. The molecule has 0 aliphatic heterocycles. The lowest BCUT2D eigenvalue weighted by molar-refractivity contribution is -0.134. The zero-order valence-electron chi connectivity index (χ0n) is 29.4. The first-order chi connectivity index (χ1) is 22.3. The van der Waals surface area contributed by atoms with Crippen LogP contribution in [0.25, 0.3) is 0 Å². The Morgan fingerprint density at radius 1 is 1.00 bits per heavy atom. The predicted molar refractivity (Wildman–Crippen MR) is 194 cm³/mol. The van der Waals surface area contributed by atoms with Gasteiger partial charge >= 0.3 is 11.9 Å². The molecule has 0 amide bonds. The number of carbonyl (C=O) groups excluding carboxylic acids is 2. The van der Waals surface area contributed by atoms with Crippen molar-refractivity contribution in [1.82, 2.24) is 0 Å². The van der Waals surface area contributed by atoms with Crippen LogP contribution in [0.3, 0.4) is 0 Å². The Hall–Kier alpha value is -3.80. The van der Waals surface area contributed by atoms with Gasteiger partial charge in [-0.25, -0.2) is 4.79 Å². The molecule has 0 saturated heterocycles. The zero-order chi connectivity index (χ0) is 34.8. The molecule has 5 nitrogen and oxygen atoms in total. The Balaban J connectivity index is 0. The van der Waals surface area contributed by atoms with Crippen LogP contribution in [0, 0.1) is 36.5 Å². The first-order valence-electron chi connectivity index (χ1n) is 16.7. The number of aliphatic hydroxyl groups is 1. The van der Waals surface area contributed by atoms with Crippen LogP contribution in [0.1, 0.15) is 121 Å². The van der Waals surface area contributed by atoms with E-state index in [0.717, 1.165) is 25.9 Å². The van der Waals surface area contributed by atoms with Crippen LogP contribution < -0.4 is 4.74 Å². The molecule has 1 unspecified atom stereocenters. The second-order valence-electron chi connectivity index (χ2n) is 11.0. The second-order valence-corrected chi connectivity index (χ2v) is 11.0. The number of terminal acetylenes is 2. The Morgan fingerprint density at radius 2 is 1.61 bits per heavy atom. The fraction of sp³-hybridized carbons (Fsp3) is 0.512. The number of aryl methyl sites for hydroxylation is 1. The summed E-state index contributed by atoms with van der Waals surface area (Å²) in [7, 11) is 1.00. The molecule has 0 bridgehead atoms.